The zero-order valence-electron chi connectivity index (χ0n) is 11.8. The maximum Gasteiger partial charge on any atom is 0.198 e. The van der Waals surface area contributed by atoms with Gasteiger partial charge in [-0.3, -0.25) is 4.90 Å². The van der Waals surface area contributed by atoms with Crippen molar-refractivity contribution in [3.05, 3.63) is 48.4 Å². The SMILES string of the molecule is c1ccc2oc(C3CCN(Cc4cnc[nH]4)CC3)nc2c1. The summed E-state index contributed by atoms with van der Waals surface area (Å²) in [6, 6.07) is 7.99. The third-order valence-corrected chi connectivity index (χ3v) is 4.20. The van der Waals surface area contributed by atoms with Crippen molar-refractivity contribution in [2.24, 2.45) is 0 Å². The van der Waals surface area contributed by atoms with Gasteiger partial charge in [0, 0.05) is 24.4 Å². The molecular weight excluding hydrogens is 264 g/mol. The molecule has 21 heavy (non-hydrogen) atoms. The van der Waals surface area contributed by atoms with Gasteiger partial charge >= 0.3 is 0 Å². The van der Waals surface area contributed by atoms with Crippen LogP contribution in [0, 0.1) is 0 Å². The van der Waals surface area contributed by atoms with Crippen molar-refractivity contribution in [2.75, 3.05) is 13.1 Å². The minimum Gasteiger partial charge on any atom is -0.440 e. The van der Waals surface area contributed by atoms with Crippen molar-refractivity contribution in [1.29, 1.82) is 0 Å². The fourth-order valence-corrected chi connectivity index (χ4v) is 3.01. The molecule has 0 unspecified atom stereocenters. The normalized spacial score (nSPS) is 17.5. The third-order valence-electron chi connectivity index (χ3n) is 4.20. The minimum absolute atomic E-state index is 0.440. The average Bonchev–Trinajstić information content (AvgIpc) is 3.16. The van der Waals surface area contributed by atoms with E-state index in [9.17, 15) is 0 Å². The summed E-state index contributed by atoms with van der Waals surface area (Å²) in [5, 5.41) is 0. The van der Waals surface area contributed by atoms with Crippen LogP contribution in [0.5, 0.6) is 0 Å². The number of fused-ring (bicyclic) bond motifs is 1. The summed E-state index contributed by atoms with van der Waals surface area (Å²) in [6.45, 7) is 3.09. The van der Waals surface area contributed by atoms with Crippen LogP contribution in [0.2, 0.25) is 0 Å². The Bertz CT molecular complexity index is 678. The molecule has 1 saturated heterocycles. The molecule has 3 heterocycles. The summed E-state index contributed by atoms with van der Waals surface area (Å²) in [5.41, 5.74) is 3.04. The van der Waals surface area contributed by atoms with E-state index >= 15 is 0 Å². The number of aromatic nitrogens is 3. The van der Waals surface area contributed by atoms with Crippen LogP contribution in [0.25, 0.3) is 11.1 Å². The van der Waals surface area contributed by atoms with E-state index in [1.54, 1.807) is 6.33 Å². The van der Waals surface area contributed by atoms with Gasteiger partial charge in [0.25, 0.3) is 0 Å². The van der Waals surface area contributed by atoms with Gasteiger partial charge < -0.3 is 9.40 Å². The predicted molar refractivity (Wildman–Crippen MR) is 79.8 cm³/mol. The second-order valence-corrected chi connectivity index (χ2v) is 5.65. The van der Waals surface area contributed by atoms with E-state index in [0.29, 0.717) is 5.92 Å². The number of likely N-dealkylation sites (tertiary alicyclic amines) is 1. The number of piperidine rings is 1. The molecule has 0 saturated carbocycles. The van der Waals surface area contributed by atoms with E-state index in [2.05, 4.69) is 19.9 Å². The number of aromatic amines is 1. The molecule has 4 rings (SSSR count). The van der Waals surface area contributed by atoms with Crippen LogP contribution in [-0.2, 0) is 6.54 Å². The molecular formula is C16H18N4O. The van der Waals surface area contributed by atoms with Gasteiger partial charge in [0.1, 0.15) is 5.52 Å². The fourth-order valence-electron chi connectivity index (χ4n) is 3.01. The van der Waals surface area contributed by atoms with Gasteiger partial charge in [-0.05, 0) is 38.1 Å². The van der Waals surface area contributed by atoms with E-state index in [-0.39, 0.29) is 0 Å². The van der Waals surface area contributed by atoms with E-state index in [4.69, 9.17) is 4.42 Å². The molecule has 0 spiro atoms. The number of benzene rings is 1. The number of para-hydroxylation sites is 2. The summed E-state index contributed by atoms with van der Waals surface area (Å²) in [4.78, 5) is 14.3. The smallest absolute Gasteiger partial charge is 0.198 e. The lowest BCUT2D eigenvalue weighted by Gasteiger charge is -2.29. The molecule has 1 aliphatic heterocycles. The zero-order chi connectivity index (χ0) is 14.1. The molecule has 1 aliphatic rings. The lowest BCUT2D eigenvalue weighted by molar-refractivity contribution is 0.192. The van der Waals surface area contributed by atoms with E-state index < -0.39 is 0 Å². The molecule has 0 amide bonds. The second kappa shape index (κ2) is 5.33. The highest BCUT2D eigenvalue weighted by Gasteiger charge is 2.24. The van der Waals surface area contributed by atoms with Gasteiger partial charge in [-0.15, -0.1) is 0 Å². The molecule has 1 N–H and O–H groups in total. The van der Waals surface area contributed by atoms with Crippen molar-refractivity contribution < 1.29 is 4.42 Å². The number of rotatable bonds is 3. The lowest BCUT2D eigenvalue weighted by atomic mass is 9.97. The molecule has 3 aromatic rings. The number of oxazole rings is 1. The first-order valence-electron chi connectivity index (χ1n) is 7.43. The topological polar surface area (TPSA) is 58.0 Å². The highest BCUT2D eigenvalue weighted by Crippen LogP contribution is 2.30. The number of nitrogens with one attached hydrogen (secondary N) is 1. The maximum absolute atomic E-state index is 5.90. The van der Waals surface area contributed by atoms with Crippen molar-refractivity contribution in [3.8, 4) is 0 Å². The summed E-state index contributed by atoms with van der Waals surface area (Å²) >= 11 is 0. The standard InChI is InChI=1S/C16H18N4O/c1-2-4-15-14(3-1)19-16(21-15)12-5-7-20(8-6-12)10-13-9-17-11-18-13/h1-4,9,11-12H,5-8,10H2,(H,17,18). The van der Waals surface area contributed by atoms with Crippen molar-refractivity contribution in [3.63, 3.8) is 0 Å². The van der Waals surface area contributed by atoms with Crippen LogP contribution in [0.3, 0.4) is 0 Å². The molecule has 2 aromatic heterocycles. The molecule has 108 valence electrons. The Hall–Kier alpha value is -2.14. The second-order valence-electron chi connectivity index (χ2n) is 5.65. The highest BCUT2D eigenvalue weighted by atomic mass is 16.3. The van der Waals surface area contributed by atoms with Gasteiger partial charge in [0.15, 0.2) is 11.5 Å². The molecule has 0 radical (unpaired) electrons. The van der Waals surface area contributed by atoms with Crippen molar-refractivity contribution >= 4 is 11.1 Å². The molecule has 1 aromatic carbocycles. The Morgan fingerprint density at radius 3 is 2.86 bits per heavy atom. The molecule has 0 bridgehead atoms. The Labute approximate surface area is 123 Å². The largest absolute Gasteiger partial charge is 0.440 e. The van der Waals surface area contributed by atoms with Crippen LogP contribution < -0.4 is 0 Å². The molecule has 0 aliphatic carbocycles. The van der Waals surface area contributed by atoms with Crippen molar-refractivity contribution in [1.82, 2.24) is 19.9 Å². The monoisotopic (exact) mass is 282 g/mol. The Morgan fingerprint density at radius 1 is 1.24 bits per heavy atom. The van der Waals surface area contributed by atoms with Gasteiger partial charge in [0.05, 0.1) is 6.33 Å². The van der Waals surface area contributed by atoms with Crippen LogP contribution >= 0.6 is 0 Å². The molecule has 5 nitrogen and oxygen atoms in total. The maximum atomic E-state index is 5.90. The minimum atomic E-state index is 0.440. The van der Waals surface area contributed by atoms with Gasteiger partial charge in [-0.1, -0.05) is 12.1 Å². The number of H-pyrrole nitrogens is 1. The van der Waals surface area contributed by atoms with Crippen LogP contribution in [0.4, 0.5) is 0 Å². The molecule has 1 fully saturated rings. The number of nitrogens with zero attached hydrogens (tertiary/aromatic N) is 3. The summed E-state index contributed by atoms with van der Waals surface area (Å²) < 4.78 is 5.90. The number of imidazole rings is 1. The first-order valence-corrected chi connectivity index (χ1v) is 7.43. The van der Waals surface area contributed by atoms with E-state index in [1.165, 1.54) is 5.69 Å². The summed E-state index contributed by atoms with van der Waals surface area (Å²) in [5.74, 6) is 1.34. The Kier molecular flexibility index (Phi) is 3.20. The van der Waals surface area contributed by atoms with Crippen LogP contribution in [0.1, 0.15) is 30.3 Å². The quantitative estimate of drug-likeness (QED) is 0.802. The summed E-state index contributed by atoms with van der Waals surface area (Å²) in [6.07, 6.45) is 5.83. The number of hydrogen-bond acceptors (Lipinski definition) is 4. The van der Waals surface area contributed by atoms with E-state index in [1.807, 2.05) is 30.5 Å². The average molecular weight is 282 g/mol. The summed E-state index contributed by atoms with van der Waals surface area (Å²) in [7, 11) is 0. The van der Waals surface area contributed by atoms with Crippen molar-refractivity contribution in [2.45, 2.75) is 25.3 Å². The third kappa shape index (κ3) is 2.56. The molecule has 0 atom stereocenters. The lowest BCUT2D eigenvalue weighted by Crippen LogP contribution is -2.32. The predicted octanol–water partition coefficient (Wildman–Crippen LogP) is 2.93. The van der Waals surface area contributed by atoms with E-state index in [0.717, 1.165) is 49.5 Å². The molecule has 5 heteroatoms. The Balaban J connectivity index is 1.42. The Morgan fingerprint density at radius 2 is 2.10 bits per heavy atom. The van der Waals surface area contributed by atoms with Gasteiger partial charge in [-0.2, -0.15) is 0 Å². The fraction of sp³-hybridized carbons (Fsp3) is 0.375. The number of hydrogen-bond donors (Lipinski definition) is 1. The van der Waals surface area contributed by atoms with Crippen LogP contribution in [0.15, 0.2) is 41.2 Å². The van der Waals surface area contributed by atoms with Gasteiger partial charge in [0.2, 0.25) is 0 Å². The highest BCUT2D eigenvalue weighted by molar-refractivity contribution is 5.72. The first kappa shape index (κ1) is 12.6. The van der Waals surface area contributed by atoms with Gasteiger partial charge in [-0.25, -0.2) is 9.97 Å². The zero-order valence-corrected chi connectivity index (χ0v) is 11.8. The van der Waals surface area contributed by atoms with Crippen LogP contribution in [-0.4, -0.2) is 32.9 Å². The first-order chi connectivity index (χ1) is 10.4.